The number of pyridine rings is 1. The monoisotopic (exact) mass is 957 g/mol. The first-order valence-corrected chi connectivity index (χ1v) is 25.1. The molecule has 4 aliphatic rings. The lowest BCUT2D eigenvalue weighted by molar-refractivity contribution is -0.145. The van der Waals surface area contributed by atoms with Gasteiger partial charge in [-0.05, 0) is 63.3 Å². The summed E-state index contributed by atoms with van der Waals surface area (Å²) in [7, 11) is -2.27. The predicted octanol–water partition coefficient (Wildman–Crippen LogP) is 6.73. The Labute approximate surface area is 394 Å². The van der Waals surface area contributed by atoms with Crippen molar-refractivity contribution in [2.45, 2.75) is 127 Å². The number of alkyl carbamates (subject to hydrolysis) is 1. The summed E-state index contributed by atoms with van der Waals surface area (Å²) < 4.78 is 46.7. The van der Waals surface area contributed by atoms with Crippen molar-refractivity contribution in [1.82, 2.24) is 29.8 Å². The number of nitrogens with one attached hydrogen (secondary N) is 3. The minimum absolute atomic E-state index is 0.0121. The van der Waals surface area contributed by atoms with Crippen molar-refractivity contribution in [3.05, 3.63) is 71.6 Å². The zero-order chi connectivity index (χ0) is 47.8. The van der Waals surface area contributed by atoms with E-state index in [4.69, 9.17) is 24.2 Å². The van der Waals surface area contributed by atoms with Gasteiger partial charge in [0, 0.05) is 53.2 Å². The number of nitrogens with zero attached hydrogens (tertiary/aromatic N) is 4. The summed E-state index contributed by atoms with van der Waals surface area (Å²) in [6, 6.07) is 11.8. The van der Waals surface area contributed by atoms with Crippen LogP contribution in [0, 0.1) is 11.3 Å². The van der Waals surface area contributed by atoms with Crippen molar-refractivity contribution >= 4 is 61.3 Å². The molecule has 3 amide bonds. The summed E-state index contributed by atoms with van der Waals surface area (Å²) in [6.45, 7) is 9.52. The van der Waals surface area contributed by atoms with Crippen molar-refractivity contribution in [2.75, 3.05) is 25.5 Å². The van der Waals surface area contributed by atoms with Crippen LogP contribution in [0.2, 0.25) is 0 Å². The average molecular weight is 958 g/mol. The Morgan fingerprint density at radius 2 is 1.85 bits per heavy atom. The molecule has 17 nitrogen and oxygen atoms in total. The van der Waals surface area contributed by atoms with Crippen LogP contribution in [0.1, 0.15) is 85.1 Å². The number of aliphatic carboxylic acids is 1. The Morgan fingerprint density at radius 3 is 2.58 bits per heavy atom. The van der Waals surface area contributed by atoms with Crippen LogP contribution in [-0.4, -0.2) is 113 Å². The Bertz CT molecular complexity index is 2680. The van der Waals surface area contributed by atoms with E-state index in [1.54, 1.807) is 49.6 Å². The Balaban J connectivity index is 1.08. The molecule has 4 N–H and O–H groups in total. The zero-order valence-corrected chi connectivity index (χ0v) is 40.2. The average Bonchev–Trinajstić information content (AvgIpc) is 3.51. The van der Waals surface area contributed by atoms with Gasteiger partial charge in [0.1, 0.15) is 47.0 Å². The number of thiazole rings is 1. The van der Waals surface area contributed by atoms with E-state index in [0.717, 1.165) is 11.6 Å². The van der Waals surface area contributed by atoms with E-state index in [0.29, 0.717) is 58.6 Å². The third-order valence-corrected chi connectivity index (χ3v) is 15.6. The number of fused-ring (bicyclic) bond motifs is 4. The number of carboxylic acids is 1. The lowest BCUT2D eigenvalue weighted by Gasteiger charge is -2.34. The standard InChI is InChI=1S/C48H59N7O10S2/c1-28(2)49-45-51-37(27-66-45)36-22-39(33-19-18-31(63-6)20-35(33)50-36)64-32-21-38-42(56)53-48(44(58)59)23-30(48)15-10-8-7-9-11-16-34(43(57)55(38)25-32)52-46(60)65-41(47(3,4)5)26-54-24-29-14-12-13-17-40(29)67(54,61)62/h10,12-15,17-20,22,27-28,30,32,34,38,41H,7-9,11,16,21,23-26H2,1-6H3,(H,49,51)(H,52,60)(H,53,56)(H,58,59)/t30?,32-,34+,38+,41?,48-/m1/s1. The number of carboxylic acid groups (broad SMARTS) is 1. The van der Waals surface area contributed by atoms with Gasteiger partial charge in [0.15, 0.2) is 5.13 Å². The molecule has 8 rings (SSSR count). The number of sulfonamides is 1. The van der Waals surface area contributed by atoms with E-state index in [2.05, 4.69) is 16.0 Å². The van der Waals surface area contributed by atoms with Crippen LogP contribution in [-0.2, 0) is 35.7 Å². The molecule has 358 valence electrons. The minimum Gasteiger partial charge on any atom is -0.497 e. The smallest absolute Gasteiger partial charge is 0.408 e. The molecule has 5 heterocycles. The van der Waals surface area contributed by atoms with E-state index in [-0.39, 0.29) is 49.8 Å². The molecule has 1 aliphatic carbocycles. The summed E-state index contributed by atoms with van der Waals surface area (Å²) in [5, 5.41) is 22.6. The highest BCUT2D eigenvalue weighted by Crippen LogP contribution is 2.46. The van der Waals surface area contributed by atoms with Gasteiger partial charge in [0.2, 0.25) is 21.8 Å². The fourth-order valence-corrected chi connectivity index (χ4v) is 11.5. The Hall–Kier alpha value is -5.79. The second kappa shape index (κ2) is 19.1. The number of carbonyl (C=O) groups is 4. The maximum absolute atomic E-state index is 15.0. The number of allylic oxidation sites excluding steroid dienone is 1. The number of amides is 3. The van der Waals surface area contributed by atoms with Crippen molar-refractivity contribution in [1.29, 1.82) is 0 Å². The summed E-state index contributed by atoms with van der Waals surface area (Å²) in [5.74, 6) is -1.77. The van der Waals surface area contributed by atoms with Crippen LogP contribution in [0.4, 0.5) is 9.93 Å². The van der Waals surface area contributed by atoms with Crippen LogP contribution in [0.3, 0.4) is 0 Å². The fraction of sp³-hybridized carbons (Fsp3) is 0.500. The molecule has 3 aliphatic heterocycles. The van der Waals surface area contributed by atoms with E-state index >= 15 is 0 Å². The van der Waals surface area contributed by atoms with Crippen LogP contribution in [0.5, 0.6) is 11.5 Å². The molecule has 1 saturated heterocycles. The second-order valence-electron chi connectivity index (χ2n) is 19.2. The molecule has 4 aromatic rings. The number of benzene rings is 2. The van der Waals surface area contributed by atoms with Gasteiger partial charge in [0.05, 0.1) is 36.3 Å². The lowest BCUT2D eigenvalue weighted by atomic mass is 9.89. The van der Waals surface area contributed by atoms with Gasteiger partial charge in [-0.15, -0.1) is 11.3 Å². The molecule has 2 fully saturated rings. The number of hydrogen-bond acceptors (Lipinski definition) is 13. The van der Waals surface area contributed by atoms with E-state index in [9.17, 15) is 32.7 Å². The van der Waals surface area contributed by atoms with Gasteiger partial charge in [-0.3, -0.25) is 9.59 Å². The van der Waals surface area contributed by atoms with Crippen LogP contribution in [0.15, 0.2) is 71.0 Å². The molecule has 2 aromatic carbocycles. The van der Waals surface area contributed by atoms with Gasteiger partial charge in [-0.25, -0.2) is 28.0 Å². The molecule has 0 spiro atoms. The van der Waals surface area contributed by atoms with E-state index in [1.807, 2.05) is 58.2 Å². The van der Waals surface area contributed by atoms with Crippen molar-refractivity contribution < 1.29 is 46.9 Å². The Morgan fingerprint density at radius 1 is 1.06 bits per heavy atom. The number of ether oxygens (including phenoxy) is 3. The molecule has 19 heteroatoms. The predicted molar refractivity (Wildman–Crippen MR) is 252 cm³/mol. The summed E-state index contributed by atoms with van der Waals surface area (Å²) in [4.78, 5) is 67.5. The largest absolute Gasteiger partial charge is 0.497 e. The molecular formula is C48H59N7O10S2. The van der Waals surface area contributed by atoms with Crippen molar-refractivity contribution in [2.24, 2.45) is 11.3 Å². The number of aromatic nitrogens is 2. The highest BCUT2D eigenvalue weighted by atomic mass is 32.2. The molecule has 0 bridgehead atoms. The van der Waals surface area contributed by atoms with Gasteiger partial charge in [-0.2, -0.15) is 4.31 Å². The maximum atomic E-state index is 15.0. The maximum Gasteiger partial charge on any atom is 0.408 e. The summed E-state index contributed by atoms with van der Waals surface area (Å²) in [5.41, 5.74) is 0.134. The third-order valence-electron chi connectivity index (χ3n) is 12.9. The van der Waals surface area contributed by atoms with Gasteiger partial charge >= 0.3 is 12.1 Å². The summed E-state index contributed by atoms with van der Waals surface area (Å²) in [6.07, 6.45) is 4.33. The summed E-state index contributed by atoms with van der Waals surface area (Å²) >= 11 is 1.44. The topological polar surface area (TPSA) is 219 Å². The Kier molecular flexibility index (Phi) is 13.6. The molecule has 67 heavy (non-hydrogen) atoms. The quantitative estimate of drug-likeness (QED) is 0.115. The van der Waals surface area contributed by atoms with Gasteiger partial charge in [0.25, 0.3) is 0 Å². The second-order valence-corrected chi connectivity index (χ2v) is 22.0. The highest BCUT2D eigenvalue weighted by molar-refractivity contribution is 7.89. The van der Waals surface area contributed by atoms with Gasteiger partial charge in [-0.1, -0.05) is 64.0 Å². The number of methoxy groups -OCH3 is 1. The highest BCUT2D eigenvalue weighted by Gasteiger charge is 2.61. The van der Waals surface area contributed by atoms with Crippen LogP contribution >= 0.6 is 11.3 Å². The zero-order valence-electron chi connectivity index (χ0n) is 38.6. The number of carbonyl (C=O) groups excluding carboxylic acids is 3. The SMILES string of the molecule is COc1ccc2c(O[C@@H]3C[C@H]4C(=O)N[C@]5(C(=O)O)CC5C=CCCCCC[C@H](NC(=O)OC(CN5Cc6ccccc6S5(=O)=O)C(C)(C)C)C(=O)N4C3)cc(-c3csc(NC(C)C)n3)nc2c1. The van der Waals surface area contributed by atoms with E-state index < -0.39 is 75.1 Å². The minimum atomic E-state index is -3.84. The van der Waals surface area contributed by atoms with Gasteiger partial charge < -0.3 is 40.2 Å². The fourth-order valence-electron chi connectivity index (χ4n) is 9.00. The number of anilines is 1. The molecule has 2 unspecified atom stereocenters. The molecule has 2 aromatic heterocycles. The molecular weight excluding hydrogens is 899 g/mol. The third kappa shape index (κ3) is 10.2. The van der Waals surface area contributed by atoms with Crippen molar-refractivity contribution in [3.8, 4) is 22.9 Å². The normalized spacial score (nSPS) is 24.7. The van der Waals surface area contributed by atoms with E-state index in [1.165, 1.54) is 20.5 Å². The first-order valence-electron chi connectivity index (χ1n) is 22.8. The van der Waals surface area contributed by atoms with Crippen LogP contribution < -0.4 is 25.4 Å². The lowest BCUT2D eigenvalue weighted by Crippen LogP contribution is -2.56. The number of hydrogen-bond donors (Lipinski definition) is 4. The molecule has 6 atom stereocenters. The molecule has 1 saturated carbocycles. The first kappa shape index (κ1) is 47.7. The molecule has 0 radical (unpaired) electrons. The van der Waals surface area contributed by atoms with Crippen molar-refractivity contribution in [3.63, 3.8) is 0 Å². The number of rotatable bonds is 11. The van der Waals surface area contributed by atoms with Crippen LogP contribution in [0.25, 0.3) is 22.3 Å². The first-order chi connectivity index (χ1) is 31.9.